The molecule has 0 aromatic carbocycles. The third-order valence-corrected chi connectivity index (χ3v) is 3.52. The average molecular weight is 338 g/mol. The molecule has 0 aliphatic rings. The van der Waals surface area contributed by atoms with Crippen molar-refractivity contribution in [1.29, 1.82) is 0 Å². The van der Waals surface area contributed by atoms with Crippen molar-refractivity contribution in [3.63, 3.8) is 0 Å². The second kappa shape index (κ2) is 5.67. The molecule has 4 aromatic rings. The molecule has 25 heavy (non-hydrogen) atoms. The van der Waals surface area contributed by atoms with Crippen molar-refractivity contribution in [2.45, 2.75) is 0 Å². The Labute approximate surface area is 140 Å². The highest BCUT2D eigenvalue weighted by Gasteiger charge is 2.21. The number of hydrogen-bond acceptors (Lipinski definition) is 6. The van der Waals surface area contributed by atoms with Crippen LogP contribution < -0.4 is 11.1 Å². The van der Waals surface area contributed by atoms with Crippen LogP contribution in [0.1, 0.15) is 10.4 Å². The number of rotatable bonds is 3. The molecular formula is C15H11FN8O. The van der Waals surface area contributed by atoms with Crippen LogP contribution in [0.2, 0.25) is 0 Å². The predicted molar refractivity (Wildman–Crippen MR) is 86.7 cm³/mol. The first kappa shape index (κ1) is 14.8. The van der Waals surface area contributed by atoms with Gasteiger partial charge in [0.25, 0.3) is 5.91 Å². The second-order valence-corrected chi connectivity index (χ2v) is 5.12. The summed E-state index contributed by atoms with van der Waals surface area (Å²) < 4.78 is 16.1. The number of amides is 1. The Morgan fingerprint density at radius 3 is 2.92 bits per heavy atom. The SMILES string of the molecule is Nc1nn2cc(F)cnc2c1C(=O)Nc1cnccc1-n1ccnc1. The summed E-state index contributed by atoms with van der Waals surface area (Å²) in [5.41, 5.74) is 7.14. The Bertz CT molecular complexity index is 1070. The number of nitrogen functional groups attached to an aromatic ring is 1. The van der Waals surface area contributed by atoms with E-state index in [1.54, 1.807) is 35.6 Å². The van der Waals surface area contributed by atoms with Crippen molar-refractivity contribution < 1.29 is 9.18 Å². The van der Waals surface area contributed by atoms with E-state index in [2.05, 4.69) is 25.4 Å². The topological polar surface area (TPSA) is 116 Å². The Morgan fingerprint density at radius 1 is 1.24 bits per heavy atom. The molecule has 0 aliphatic heterocycles. The van der Waals surface area contributed by atoms with Gasteiger partial charge >= 0.3 is 0 Å². The van der Waals surface area contributed by atoms with E-state index in [0.29, 0.717) is 11.4 Å². The van der Waals surface area contributed by atoms with Crippen molar-refractivity contribution >= 4 is 23.1 Å². The standard InChI is InChI=1S/C15H11FN8O/c16-9-5-20-14-12(13(17)22-24(14)7-9)15(25)21-10-6-18-2-1-11(10)23-4-3-19-8-23/h1-8H,(H2,17,22)(H,21,25). The van der Waals surface area contributed by atoms with E-state index in [9.17, 15) is 9.18 Å². The van der Waals surface area contributed by atoms with Gasteiger partial charge in [0.1, 0.15) is 5.56 Å². The van der Waals surface area contributed by atoms with E-state index in [1.165, 1.54) is 6.20 Å². The number of pyridine rings is 1. The zero-order valence-corrected chi connectivity index (χ0v) is 12.7. The van der Waals surface area contributed by atoms with Crippen LogP contribution in [-0.2, 0) is 0 Å². The highest BCUT2D eigenvalue weighted by atomic mass is 19.1. The molecule has 4 aromatic heterocycles. The third-order valence-electron chi connectivity index (χ3n) is 3.52. The molecule has 0 saturated heterocycles. The molecule has 0 bridgehead atoms. The van der Waals surface area contributed by atoms with Crippen LogP contribution in [0.5, 0.6) is 0 Å². The van der Waals surface area contributed by atoms with Crippen LogP contribution >= 0.6 is 0 Å². The maximum absolute atomic E-state index is 13.3. The molecule has 9 nitrogen and oxygen atoms in total. The lowest BCUT2D eigenvalue weighted by atomic mass is 10.2. The van der Waals surface area contributed by atoms with Crippen molar-refractivity contribution in [1.82, 2.24) is 29.1 Å². The van der Waals surface area contributed by atoms with E-state index in [-0.39, 0.29) is 17.0 Å². The van der Waals surface area contributed by atoms with Crippen LogP contribution in [-0.4, -0.2) is 35.0 Å². The van der Waals surface area contributed by atoms with Crippen molar-refractivity contribution in [2.75, 3.05) is 11.1 Å². The number of aromatic nitrogens is 6. The molecule has 0 fully saturated rings. The highest BCUT2D eigenvalue weighted by molar-refractivity contribution is 6.12. The minimum atomic E-state index is -0.586. The molecule has 0 atom stereocenters. The maximum Gasteiger partial charge on any atom is 0.263 e. The fourth-order valence-corrected chi connectivity index (χ4v) is 2.44. The number of nitrogens with zero attached hydrogens (tertiary/aromatic N) is 6. The summed E-state index contributed by atoms with van der Waals surface area (Å²) in [4.78, 5) is 24.6. The molecule has 124 valence electrons. The van der Waals surface area contributed by atoms with Crippen LogP contribution in [0.25, 0.3) is 11.3 Å². The summed E-state index contributed by atoms with van der Waals surface area (Å²) in [7, 11) is 0. The lowest BCUT2D eigenvalue weighted by Crippen LogP contribution is -2.15. The summed E-state index contributed by atoms with van der Waals surface area (Å²) in [6.45, 7) is 0. The van der Waals surface area contributed by atoms with Gasteiger partial charge in [-0.1, -0.05) is 0 Å². The number of imidazole rings is 1. The molecule has 3 N–H and O–H groups in total. The first-order valence-corrected chi connectivity index (χ1v) is 7.16. The van der Waals surface area contributed by atoms with Gasteiger partial charge < -0.3 is 15.6 Å². The molecule has 4 heterocycles. The molecule has 4 rings (SSSR count). The Balaban J connectivity index is 1.74. The molecule has 10 heteroatoms. The van der Waals surface area contributed by atoms with Crippen molar-refractivity contribution in [2.24, 2.45) is 0 Å². The molecule has 0 saturated carbocycles. The van der Waals surface area contributed by atoms with Gasteiger partial charge in [-0.05, 0) is 6.07 Å². The molecule has 0 radical (unpaired) electrons. The summed E-state index contributed by atoms with van der Waals surface area (Å²) in [6.07, 6.45) is 10.1. The average Bonchev–Trinajstić information content (AvgIpc) is 3.22. The fourth-order valence-electron chi connectivity index (χ4n) is 2.44. The minimum absolute atomic E-state index is 0.0522. The Kier molecular flexibility index (Phi) is 3.35. The van der Waals surface area contributed by atoms with Gasteiger partial charge in [-0.2, -0.15) is 0 Å². The van der Waals surface area contributed by atoms with Gasteiger partial charge in [-0.3, -0.25) is 9.78 Å². The zero-order chi connectivity index (χ0) is 17.4. The number of hydrogen-bond donors (Lipinski definition) is 2. The van der Waals surface area contributed by atoms with Gasteiger partial charge in [-0.15, -0.1) is 5.10 Å². The van der Waals surface area contributed by atoms with Crippen molar-refractivity contribution in [3.05, 3.63) is 61.0 Å². The van der Waals surface area contributed by atoms with Gasteiger partial charge in [0.15, 0.2) is 17.3 Å². The summed E-state index contributed by atoms with van der Waals surface area (Å²) >= 11 is 0. The van der Waals surface area contributed by atoms with E-state index in [1.807, 2.05) is 0 Å². The minimum Gasteiger partial charge on any atom is -0.381 e. The number of carbonyl (C=O) groups is 1. The summed E-state index contributed by atoms with van der Waals surface area (Å²) in [6, 6.07) is 1.73. The number of halogens is 1. The van der Waals surface area contributed by atoms with E-state index in [0.717, 1.165) is 16.9 Å². The van der Waals surface area contributed by atoms with E-state index < -0.39 is 11.7 Å². The first-order chi connectivity index (χ1) is 12.1. The summed E-state index contributed by atoms with van der Waals surface area (Å²) in [5, 5.41) is 6.64. The van der Waals surface area contributed by atoms with Crippen LogP contribution in [0.4, 0.5) is 15.9 Å². The molecule has 0 spiro atoms. The fraction of sp³-hybridized carbons (Fsp3) is 0. The van der Waals surface area contributed by atoms with Crippen molar-refractivity contribution in [3.8, 4) is 5.69 Å². The Hall–Kier alpha value is -3.82. The predicted octanol–water partition coefficient (Wildman–Crippen LogP) is 1.28. The van der Waals surface area contributed by atoms with E-state index in [4.69, 9.17) is 5.73 Å². The van der Waals surface area contributed by atoms with E-state index >= 15 is 0 Å². The summed E-state index contributed by atoms with van der Waals surface area (Å²) in [5.74, 6) is -1.17. The van der Waals surface area contributed by atoms with Gasteiger partial charge in [0.2, 0.25) is 0 Å². The van der Waals surface area contributed by atoms with Gasteiger partial charge in [0, 0.05) is 18.6 Å². The second-order valence-electron chi connectivity index (χ2n) is 5.12. The largest absolute Gasteiger partial charge is 0.381 e. The monoisotopic (exact) mass is 338 g/mol. The number of nitrogens with one attached hydrogen (secondary N) is 1. The van der Waals surface area contributed by atoms with Gasteiger partial charge in [0.05, 0.1) is 36.3 Å². The highest BCUT2D eigenvalue weighted by Crippen LogP contribution is 2.22. The third kappa shape index (κ3) is 2.55. The lowest BCUT2D eigenvalue weighted by molar-refractivity contribution is 0.102. The number of anilines is 2. The lowest BCUT2D eigenvalue weighted by Gasteiger charge is -2.10. The molecule has 0 aliphatic carbocycles. The molecule has 0 unspecified atom stereocenters. The first-order valence-electron chi connectivity index (χ1n) is 7.16. The normalized spacial score (nSPS) is 10.9. The zero-order valence-electron chi connectivity index (χ0n) is 12.7. The Morgan fingerprint density at radius 2 is 2.12 bits per heavy atom. The number of carbonyl (C=O) groups excluding carboxylic acids is 1. The molecule has 1 amide bonds. The number of nitrogens with two attached hydrogens (primary N) is 1. The smallest absolute Gasteiger partial charge is 0.263 e. The quantitative estimate of drug-likeness (QED) is 0.581. The number of fused-ring (bicyclic) bond motifs is 1. The molecular weight excluding hydrogens is 327 g/mol. The maximum atomic E-state index is 13.3. The van der Waals surface area contributed by atoms with Gasteiger partial charge in [-0.25, -0.2) is 18.9 Å². The van der Waals surface area contributed by atoms with Crippen LogP contribution in [0.3, 0.4) is 0 Å². The van der Waals surface area contributed by atoms with Crippen LogP contribution in [0.15, 0.2) is 49.6 Å². The van der Waals surface area contributed by atoms with Crippen LogP contribution in [0, 0.1) is 5.82 Å².